The number of anilines is 1. The fraction of sp³-hybridized carbons (Fsp3) is 0.188. The molecule has 7 heteroatoms. The van der Waals surface area contributed by atoms with Crippen molar-refractivity contribution in [1.82, 2.24) is 15.0 Å². The molecule has 0 saturated carbocycles. The number of ether oxygens (including phenoxy) is 1. The number of nitrogens with zero attached hydrogens (tertiary/aromatic N) is 1. The summed E-state index contributed by atoms with van der Waals surface area (Å²) >= 11 is 0. The molecule has 0 saturated heterocycles. The SMILES string of the molecule is Cc1cc(=O)c(OCC(=O)Nc2ccc3nc(C)[nH]c3c2)c[nH]1. The minimum Gasteiger partial charge on any atom is -0.478 e. The molecule has 0 aliphatic heterocycles. The zero-order valence-electron chi connectivity index (χ0n) is 12.8. The van der Waals surface area contributed by atoms with Gasteiger partial charge in [-0.25, -0.2) is 4.98 Å². The van der Waals surface area contributed by atoms with E-state index < -0.39 is 0 Å². The van der Waals surface area contributed by atoms with Crippen LogP contribution in [0, 0.1) is 13.8 Å². The first-order valence-corrected chi connectivity index (χ1v) is 7.09. The molecule has 0 bridgehead atoms. The van der Waals surface area contributed by atoms with Crippen LogP contribution < -0.4 is 15.5 Å². The molecule has 3 aromatic rings. The van der Waals surface area contributed by atoms with Gasteiger partial charge in [0.05, 0.1) is 11.0 Å². The first-order chi connectivity index (χ1) is 11.0. The molecule has 0 aliphatic carbocycles. The van der Waals surface area contributed by atoms with Crippen LogP contribution in [0.2, 0.25) is 0 Å². The predicted octanol–water partition coefficient (Wildman–Crippen LogP) is 1.89. The molecule has 0 spiro atoms. The number of aromatic nitrogens is 3. The maximum atomic E-state index is 11.9. The van der Waals surface area contributed by atoms with Crippen LogP contribution in [-0.4, -0.2) is 27.5 Å². The van der Waals surface area contributed by atoms with Crippen molar-refractivity contribution in [2.45, 2.75) is 13.8 Å². The molecule has 2 aromatic heterocycles. The number of fused-ring (bicyclic) bond motifs is 1. The minimum atomic E-state index is -0.347. The number of carbonyl (C=O) groups excluding carboxylic acids is 1. The Morgan fingerprint density at radius 2 is 2.13 bits per heavy atom. The third-order valence-electron chi connectivity index (χ3n) is 3.26. The highest BCUT2D eigenvalue weighted by molar-refractivity contribution is 5.93. The molecule has 1 aromatic carbocycles. The van der Waals surface area contributed by atoms with E-state index in [1.807, 2.05) is 13.0 Å². The molecule has 3 N–H and O–H groups in total. The summed E-state index contributed by atoms with van der Waals surface area (Å²) < 4.78 is 5.24. The number of carbonyl (C=O) groups is 1. The van der Waals surface area contributed by atoms with E-state index in [1.54, 1.807) is 19.1 Å². The summed E-state index contributed by atoms with van der Waals surface area (Å²) in [7, 11) is 0. The van der Waals surface area contributed by atoms with Crippen molar-refractivity contribution >= 4 is 22.6 Å². The van der Waals surface area contributed by atoms with Gasteiger partial charge in [-0.05, 0) is 32.0 Å². The first kappa shape index (κ1) is 14.8. The Bertz CT molecular complexity index is 926. The van der Waals surface area contributed by atoms with Gasteiger partial charge in [0.15, 0.2) is 12.4 Å². The lowest BCUT2D eigenvalue weighted by Gasteiger charge is -2.07. The van der Waals surface area contributed by atoms with Crippen LogP contribution in [-0.2, 0) is 4.79 Å². The number of aromatic amines is 2. The molecule has 0 radical (unpaired) electrons. The largest absolute Gasteiger partial charge is 0.478 e. The van der Waals surface area contributed by atoms with Crippen LogP contribution in [0.4, 0.5) is 5.69 Å². The van der Waals surface area contributed by atoms with Crippen LogP contribution in [0.5, 0.6) is 5.75 Å². The normalized spacial score (nSPS) is 10.7. The van der Waals surface area contributed by atoms with Gasteiger partial charge in [-0.15, -0.1) is 0 Å². The number of pyridine rings is 1. The number of nitrogens with one attached hydrogen (secondary N) is 3. The molecule has 0 fully saturated rings. The molecular weight excluding hydrogens is 296 g/mol. The standard InChI is InChI=1S/C16H16N4O3/c1-9-5-14(21)15(7-17-9)23-8-16(22)20-11-3-4-12-13(6-11)19-10(2)18-12/h3-7H,8H2,1-2H3,(H,17,21)(H,18,19)(H,20,22). The zero-order valence-corrected chi connectivity index (χ0v) is 12.8. The van der Waals surface area contributed by atoms with Crippen molar-refractivity contribution in [3.8, 4) is 5.75 Å². The molecule has 3 rings (SSSR count). The van der Waals surface area contributed by atoms with E-state index in [1.165, 1.54) is 12.3 Å². The second kappa shape index (κ2) is 5.96. The fourth-order valence-corrected chi connectivity index (χ4v) is 2.23. The van der Waals surface area contributed by atoms with E-state index in [0.29, 0.717) is 5.69 Å². The second-order valence-corrected chi connectivity index (χ2v) is 5.24. The maximum Gasteiger partial charge on any atom is 0.262 e. The van der Waals surface area contributed by atoms with Gasteiger partial charge in [0, 0.05) is 23.6 Å². The van der Waals surface area contributed by atoms with E-state index in [2.05, 4.69) is 20.3 Å². The smallest absolute Gasteiger partial charge is 0.262 e. The zero-order chi connectivity index (χ0) is 16.4. The topological polar surface area (TPSA) is 99.9 Å². The Hall–Kier alpha value is -3.09. The lowest BCUT2D eigenvalue weighted by Crippen LogP contribution is -2.22. The lowest BCUT2D eigenvalue weighted by atomic mass is 10.3. The Labute approximate surface area is 131 Å². The van der Waals surface area contributed by atoms with Gasteiger partial charge < -0.3 is 20.0 Å². The van der Waals surface area contributed by atoms with Crippen molar-refractivity contribution in [3.05, 3.63) is 52.2 Å². The number of aryl methyl sites for hydroxylation is 2. The number of benzene rings is 1. The summed E-state index contributed by atoms with van der Waals surface area (Å²) in [6, 6.07) is 6.80. The Morgan fingerprint density at radius 1 is 1.30 bits per heavy atom. The molecular formula is C16H16N4O3. The van der Waals surface area contributed by atoms with E-state index in [-0.39, 0.29) is 23.7 Å². The van der Waals surface area contributed by atoms with Gasteiger partial charge in [0.2, 0.25) is 5.43 Å². The van der Waals surface area contributed by atoms with Crippen LogP contribution in [0.25, 0.3) is 11.0 Å². The highest BCUT2D eigenvalue weighted by atomic mass is 16.5. The summed E-state index contributed by atoms with van der Waals surface area (Å²) in [6.07, 6.45) is 1.45. The van der Waals surface area contributed by atoms with Gasteiger partial charge in [0.1, 0.15) is 5.82 Å². The van der Waals surface area contributed by atoms with Crippen LogP contribution in [0.15, 0.2) is 35.3 Å². The van der Waals surface area contributed by atoms with E-state index in [9.17, 15) is 9.59 Å². The quantitative estimate of drug-likeness (QED) is 0.685. The molecule has 118 valence electrons. The van der Waals surface area contributed by atoms with Crippen molar-refractivity contribution in [2.24, 2.45) is 0 Å². The second-order valence-electron chi connectivity index (χ2n) is 5.24. The average Bonchev–Trinajstić information content (AvgIpc) is 2.85. The average molecular weight is 312 g/mol. The summed E-state index contributed by atoms with van der Waals surface area (Å²) in [4.78, 5) is 33.9. The molecule has 23 heavy (non-hydrogen) atoms. The number of rotatable bonds is 4. The predicted molar refractivity (Wildman–Crippen MR) is 86.8 cm³/mol. The van der Waals surface area contributed by atoms with Crippen molar-refractivity contribution in [3.63, 3.8) is 0 Å². The minimum absolute atomic E-state index is 0.116. The van der Waals surface area contributed by atoms with Crippen LogP contribution >= 0.6 is 0 Å². The monoisotopic (exact) mass is 312 g/mol. The number of H-pyrrole nitrogens is 2. The number of imidazole rings is 1. The molecule has 7 nitrogen and oxygen atoms in total. The summed E-state index contributed by atoms with van der Waals surface area (Å²) in [6.45, 7) is 3.39. The van der Waals surface area contributed by atoms with Gasteiger partial charge in [0.25, 0.3) is 5.91 Å². The van der Waals surface area contributed by atoms with Crippen LogP contribution in [0.3, 0.4) is 0 Å². The Kier molecular flexibility index (Phi) is 3.84. The number of hydrogen-bond donors (Lipinski definition) is 3. The highest BCUT2D eigenvalue weighted by Gasteiger charge is 2.08. The van der Waals surface area contributed by atoms with Crippen LogP contribution in [0.1, 0.15) is 11.5 Å². The first-order valence-electron chi connectivity index (χ1n) is 7.09. The summed E-state index contributed by atoms with van der Waals surface area (Å²) in [5.41, 5.74) is 2.78. The van der Waals surface area contributed by atoms with E-state index in [0.717, 1.165) is 22.6 Å². The van der Waals surface area contributed by atoms with Gasteiger partial charge in [-0.2, -0.15) is 0 Å². The van der Waals surface area contributed by atoms with E-state index >= 15 is 0 Å². The van der Waals surface area contributed by atoms with Crippen molar-refractivity contribution < 1.29 is 9.53 Å². The number of amides is 1. The molecule has 0 atom stereocenters. The Morgan fingerprint density at radius 3 is 2.91 bits per heavy atom. The molecule has 0 unspecified atom stereocenters. The third kappa shape index (κ3) is 3.39. The Balaban J connectivity index is 1.65. The molecule has 1 amide bonds. The summed E-state index contributed by atoms with van der Waals surface area (Å²) in [5.74, 6) is 0.580. The summed E-state index contributed by atoms with van der Waals surface area (Å²) in [5, 5.41) is 2.72. The third-order valence-corrected chi connectivity index (χ3v) is 3.26. The highest BCUT2D eigenvalue weighted by Crippen LogP contribution is 2.17. The molecule has 2 heterocycles. The molecule has 0 aliphatic rings. The maximum absolute atomic E-state index is 11.9. The van der Waals surface area contributed by atoms with Gasteiger partial charge >= 0.3 is 0 Å². The number of hydrogen-bond acceptors (Lipinski definition) is 4. The lowest BCUT2D eigenvalue weighted by molar-refractivity contribution is -0.118. The van der Waals surface area contributed by atoms with Gasteiger partial charge in [-0.3, -0.25) is 9.59 Å². The fourth-order valence-electron chi connectivity index (χ4n) is 2.23. The van der Waals surface area contributed by atoms with Crippen molar-refractivity contribution in [2.75, 3.05) is 11.9 Å². The van der Waals surface area contributed by atoms with Crippen molar-refractivity contribution in [1.29, 1.82) is 0 Å². The van der Waals surface area contributed by atoms with Gasteiger partial charge in [-0.1, -0.05) is 0 Å². The van der Waals surface area contributed by atoms with E-state index in [4.69, 9.17) is 4.74 Å².